The molecule has 0 atom stereocenters. The van der Waals surface area contributed by atoms with Crippen molar-refractivity contribution in [2.45, 2.75) is 6.54 Å². The SMILES string of the molecule is Nc1c(NCc2ccccc2)[nH]c(=O)[nH]c1=O. The molecule has 0 bridgehead atoms. The third kappa shape index (κ3) is 2.54. The monoisotopic (exact) mass is 232 g/mol. The van der Waals surface area contributed by atoms with Crippen LogP contribution >= 0.6 is 0 Å². The lowest BCUT2D eigenvalue weighted by atomic mass is 10.2. The minimum atomic E-state index is -0.593. The summed E-state index contributed by atoms with van der Waals surface area (Å²) < 4.78 is 0. The van der Waals surface area contributed by atoms with E-state index in [1.807, 2.05) is 35.3 Å². The van der Waals surface area contributed by atoms with Crippen molar-refractivity contribution in [1.82, 2.24) is 9.97 Å². The highest BCUT2D eigenvalue weighted by molar-refractivity contribution is 5.58. The summed E-state index contributed by atoms with van der Waals surface area (Å²) in [7, 11) is 0. The molecule has 6 heteroatoms. The van der Waals surface area contributed by atoms with Crippen LogP contribution in [0, 0.1) is 0 Å². The molecule has 0 amide bonds. The van der Waals surface area contributed by atoms with E-state index in [-0.39, 0.29) is 11.5 Å². The molecule has 1 aromatic carbocycles. The van der Waals surface area contributed by atoms with E-state index in [0.29, 0.717) is 6.54 Å². The zero-order valence-corrected chi connectivity index (χ0v) is 8.99. The van der Waals surface area contributed by atoms with Crippen molar-refractivity contribution in [2.75, 3.05) is 11.1 Å². The predicted octanol–water partition coefficient (Wildman–Crippen LogP) is 0.257. The van der Waals surface area contributed by atoms with Crippen LogP contribution in [0.15, 0.2) is 39.9 Å². The molecule has 1 heterocycles. The van der Waals surface area contributed by atoms with Gasteiger partial charge in [-0.05, 0) is 5.56 Å². The Kier molecular flexibility index (Phi) is 2.95. The maximum absolute atomic E-state index is 11.2. The van der Waals surface area contributed by atoms with Crippen LogP contribution in [0.5, 0.6) is 0 Å². The second-order valence-electron chi connectivity index (χ2n) is 3.54. The van der Waals surface area contributed by atoms with Gasteiger partial charge >= 0.3 is 5.69 Å². The summed E-state index contributed by atoms with van der Waals surface area (Å²) in [5.74, 6) is 0.239. The highest BCUT2D eigenvalue weighted by Gasteiger charge is 2.04. The van der Waals surface area contributed by atoms with Crippen LogP contribution in [0.3, 0.4) is 0 Å². The van der Waals surface area contributed by atoms with Gasteiger partial charge in [0.1, 0.15) is 11.5 Å². The quantitative estimate of drug-likeness (QED) is 0.609. The van der Waals surface area contributed by atoms with Crippen molar-refractivity contribution in [3.63, 3.8) is 0 Å². The van der Waals surface area contributed by atoms with Crippen molar-refractivity contribution >= 4 is 11.5 Å². The molecule has 0 radical (unpaired) electrons. The van der Waals surface area contributed by atoms with Crippen LogP contribution in [-0.4, -0.2) is 9.97 Å². The van der Waals surface area contributed by atoms with Crippen molar-refractivity contribution < 1.29 is 0 Å². The molecular weight excluding hydrogens is 220 g/mol. The van der Waals surface area contributed by atoms with E-state index < -0.39 is 11.2 Å². The Bertz CT molecular complexity index is 615. The van der Waals surface area contributed by atoms with E-state index in [2.05, 4.69) is 10.3 Å². The number of nitrogen functional groups attached to an aromatic ring is 1. The molecule has 17 heavy (non-hydrogen) atoms. The molecule has 0 aliphatic heterocycles. The lowest BCUT2D eigenvalue weighted by Crippen LogP contribution is -2.26. The molecule has 2 rings (SSSR count). The van der Waals surface area contributed by atoms with Crippen molar-refractivity contribution in [3.05, 3.63) is 56.7 Å². The lowest BCUT2D eigenvalue weighted by molar-refractivity contribution is 1.01. The smallest absolute Gasteiger partial charge is 0.327 e. The molecule has 0 fully saturated rings. The molecule has 0 aliphatic rings. The lowest BCUT2D eigenvalue weighted by Gasteiger charge is -2.07. The van der Waals surface area contributed by atoms with Gasteiger partial charge in [-0.1, -0.05) is 30.3 Å². The van der Waals surface area contributed by atoms with Crippen molar-refractivity contribution in [3.8, 4) is 0 Å². The Morgan fingerprint density at radius 1 is 1.12 bits per heavy atom. The van der Waals surface area contributed by atoms with E-state index >= 15 is 0 Å². The zero-order valence-electron chi connectivity index (χ0n) is 8.99. The van der Waals surface area contributed by atoms with E-state index in [9.17, 15) is 9.59 Å². The maximum atomic E-state index is 11.2. The largest absolute Gasteiger partial charge is 0.391 e. The molecule has 1 aromatic heterocycles. The standard InChI is InChI=1S/C11H12N4O2/c12-8-9(14-11(17)15-10(8)16)13-6-7-4-2-1-3-5-7/h1-5H,6,12H2,(H3,13,14,15,16,17). The molecule has 0 unspecified atom stereocenters. The predicted molar refractivity (Wildman–Crippen MR) is 65.9 cm³/mol. The third-order valence-electron chi connectivity index (χ3n) is 2.29. The van der Waals surface area contributed by atoms with Crippen LogP contribution in [0.4, 0.5) is 11.5 Å². The second-order valence-corrected chi connectivity index (χ2v) is 3.54. The molecular formula is C11H12N4O2. The molecule has 0 saturated carbocycles. The number of anilines is 2. The van der Waals surface area contributed by atoms with E-state index in [1.165, 1.54) is 0 Å². The number of aromatic nitrogens is 2. The van der Waals surface area contributed by atoms with Gasteiger partial charge in [-0.2, -0.15) is 0 Å². The van der Waals surface area contributed by atoms with Gasteiger partial charge in [0.2, 0.25) is 0 Å². The Morgan fingerprint density at radius 2 is 1.82 bits per heavy atom. The second kappa shape index (κ2) is 4.56. The Hall–Kier alpha value is -2.50. The van der Waals surface area contributed by atoms with E-state index in [1.54, 1.807) is 0 Å². The Morgan fingerprint density at radius 3 is 2.53 bits per heavy atom. The first-order valence-electron chi connectivity index (χ1n) is 5.06. The summed E-state index contributed by atoms with van der Waals surface area (Å²) in [4.78, 5) is 26.8. The van der Waals surface area contributed by atoms with Crippen LogP contribution in [-0.2, 0) is 6.54 Å². The van der Waals surface area contributed by atoms with Crippen molar-refractivity contribution in [1.29, 1.82) is 0 Å². The molecule has 88 valence electrons. The van der Waals surface area contributed by atoms with Gasteiger partial charge in [0, 0.05) is 6.54 Å². The summed E-state index contributed by atoms with van der Waals surface area (Å²) >= 11 is 0. The number of nitrogens with two attached hydrogens (primary N) is 1. The molecule has 0 spiro atoms. The number of aromatic amines is 2. The molecule has 5 N–H and O–H groups in total. The summed E-state index contributed by atoms with van der Waals surface area (Å²) in [6.45, 7) is 0.477. The van der Waals surface area contributed by atoms with Crippen LogP contribution in [0.25, 0.3) is 0 Å². The van der Waals surface area contributed by atoms with Crippen LogP contribution in [0.1, 0.15) is 5.56 Å². The fourth-order valence-corrected chi connectivity index (χ4v) is 1.42. The van der Waals surface area contributed by atoms with Gasteiger partial charge in [0.15, 0.2) is 0 Å². The molecule has 0 saturated heterocycles. The van der Waals surface area contributed by atoms with E-state index in [4.69, 9.17) is 5.73 Å². The number of hydrogen-bond acceptors (Lipinski definition) is 4. The summed E-state index contributed by atoms with van der Waals surface area (Å²) in [6.07, 6.45) is 0. The Labute approximate surface area is 96.5 Å². The number of benzene rings is 1. The number of nitrogens with one attached hydrogen (secondary N) is 3. The minimum Gasteiger partial charge on any atom is -0.391 e. The normalized spacial score (nSPS) is 10.1. The first-order valence-corrected chi connectivity index (χ1v) is 5.06. The average molecular weight is 232 g/mol. The van der Waals surface area contributed by atoms with Gasteiger partial charge in [-0.25, -0.2) is 4.79 Å². The molecule has 6 nitrogen and oxygen atoms in total. The fraction of sp³-hybridized carbons (Fsp3) is 0.0909. The average Bonchev–Trinajstić information content (AvgIpc) is 2.33. The van der Waals surface area contributed by atoms with E-state index in [0.717, 1.165) is 5.56 Å². The summed E-state index contributed by atoms with van der Waals surface area (Å²) in [5, 5.41) is 2.91. The third-order valence-corrected chi connectivity index (χ3v) is 2.29. The summed E-state index contributed by atoms with van der Waals surface area (Å²) in [5.41, 5.74) is 5.36. The topological polar surface area (TPSA) is 104 Å². The van der Waals surface area contributed by atoms with Crippen molar-refractivity contribution in [2.24, 2.45) is 0 Å². The zero-order chi connectivity index (χ0) is 12.3. The van der Waals surface area contributed by atoms with Gasteiger partial charge < -0.3 is 11.1 Å². The van der Waals surface area contributed by atoms with Gasteiger partial charge in [-0.15, -0.1) is 0 Å². The minimum absolute atomic E-state index is 0.0273. The number of hydrogen-bond donors (Lipinski definition) is 4. The number of rotatable bonds is 3. The first-order chi connectivity index (χ1) is 8.16. The van der Waals surface area contributed by atoms with Gasteiger partial charge in [0.05, 0.1) is 0 Å². The van der Waals surface area contributed by atoms with Crippen LogP contribution < -0.4 is 22.3 Å². The first kappa shape index (κ1) is 11.0. The highest BCUT2D eigenvalue weighted by Crippen LogP contribution is 2.08. The molecule has 2 aromatic rings. The maximum Gasteiger partial charge on any atom is 0.327 e. The Balaban J connectivity index is 2.20. The van der Waals surface area contributed by atoms with Gasteiger partial charge in [-0.3, -0.25) is 14.8 Å². The van der Waals surface area contributed by atoms with Gasteiger partial charge in [0.25, 0.3) is 5.56 Å². The fourth-order valence-electron chi connectivity index (χ4n) is 1.42. The summed E-state index contributed by atoms with van der Waals surface area (Å²) in [6, 6.07) is 9.57. The number of H-pyrrole nitrogens is 2. The highest BCUT2D eigenvalue weighted by atomic mass is 16.2. The molecule has 0 aliphatic carbocycles. The van der Waals surface area contributed by atoms with Crippen LogP contribution in [0.2, 0.25) is 0 Å².